The van der Waals surface area contributed by atoms with E-state index in [-0.39, 0.29) is 38.4 Å². The Hall–Kier alpha value is -2.20. The molecule has 1 aromatic carbocycles. The summed E-state index contributed by atoms with van der Waals surface area (Å²) < 4.78 is 56.3. The molecular weight excluding hydrogens is 408 g/mol. The number of nitrogens with zero attached hydrogens (tertiary/aromatic N) is 2. The quantitative estimate of drug-likeness (QED) is 0.295. The van der Waals surface area contributed by atoms with E-state index in [4.69, 9.17) is 4.74 Å². The number of carbonyl (C=O) groups excluding carboxylic acids is 2. The van der Waals surface area contributed by atoms with Crippen molar-refractivity contribution >= 4 is 17.7 Å². The Morgan fingerprint density at radius 2 is 1.77 bits per heavy atom. The van der Waals surface area contributed by atoms with Gasteiger partial charge < -0.3 is 9.94 Å². The first-order valence-electron chi connectivity index (χ1n) is 9.67. The van der Waals surface area contributed by atoms with Crippen LogP contribution in [0.4, 0.5) is 28.0 Å². The maximum atomic E-state index is 13.6. The Bertz CT molecular complexity index is 799. The number of ether oxygens (including phenoxy) is 1. The molecule has 0 saturated carbocycles. The summed E-state index contributed by atoms with van der Waals surface area (Å²) in [7, 11) is 0. The minimum absolute atomic E-state index is 0.0955. The van der Waals surface area contributed by atoms with E-state index >= 15 is 0 Å². The van der Waals surface area contributed by atoms with Crippen LogP contribution in [0.15, 0.2) is 18.2 Å². The Morgan fingerprint density at radius 1 is 1.20 bits per heavy atom. The number of urea groups is 1. The number of amides is 2. The van der Waals surface area contributed by atoms with E-state index in [0.717, 1.165) is 6.07 Å². The molecule has 0 aliphatic carbocycles. The maximum absolute atomic E-state index is 13.6. The number of quaternary nitrogens is 1. The molecule has 10 heteroatoms. The van der Waals surface area contributed by atoms with Gasteiger partial charge in [-0.2, -0.15) is 13.2 Å². The van der Waals surface area contributed by atoms with Gasteiger partial charge >= 0.3 is 18.2 Å². The van der Waals surface area contributed by atoms with E-state index in [0.29, 0.717) is 12.1 Å². The lowest BCUT2D eigenvalue weighted by Gasteiger charge is -2.43. The molecular formula is C20H26F4N2O4. The lowest BCUT2D eigenvalue weighted by Crippen LogP contribution is -2.57. The van der Waals surface area contributed by atoms with Gasteiger partial charge in [0.1, 0.15) is 17.1 Å². The predicted octanol–water partition coefficient (Wildman–Crippen LogP) is 4.84. The number of carbonyl (C=O) groups is 2. The van der Waals surface area contributed by atoms with Crippen molar-refractivity contribution in [1.82, 2.24) is 9.55 Å². The van der Waals surface area contributed by atoms with Crippen LogP contribution in [-0.2, 0) is 15.7 Å². The van der Waals surface area contributed by atoms with Gasteiger partial charge in [-0.05, 0) is 46.6 Å². The second-order valence-electron chi connectivity index (χ2n) is 8.30. The molecule has 0 N–H and O–H groups in total. The molecule has 1 fully saturated rings. The van der Waals surface area contributed by atoms with E-state index in [2.05, 4.69) is 0 Å². The highest BCUT2D eigenvalue weighted by Gasteiger charge is 2.40. The van der Waals surface area contributed by atoms with Gasteiger partial charge in [0.25, 0.3) is 0 Å². The van der Waals surface area contributed by atoms with Crippen LogP contribution in [0.25, 0.3) is 0 Å². The third-order valence-electron chi connectivity index (χ3n) is 4.93. The zero-order valence-corrected chi connectivity index (χ0v) is 17.4. The zero-order valence-electron chi connectivity index (χ0n) is 17.4. The van der Waals surface area contributed by atoms with Gasteiger partial charge in [-0.1, -0.05) is 0 Å². The van der Waals surface area contributed by atoms with Crippen molar-refractivity contribution in [2.45, 2.75) is 52.3 Å². The van der Waals surface area contributed by atoms with Gasteiger partial charge in [-0.3, -0.25) is 9.69 Å². The average Bonchev–Trinajstić information content (AvgIpc) is 2.65. The van der Waals surface area contributed by atoms with Crippen LogP contribution in [0.1, 0.15) is 46.1 Å². The molecule has 168 valence electrons. The number of hydroxylamine groups is 2. The fourth-order valence-corrected chi connectivity index (χ4v) is 3.30. The number of rotatable bonds is 3. The zero-order chi connectivity index (χ0) is 22.9. The summed E-state index contributed by atoms with van der Waals surface area (Å²) in [5.74, 6) is -2.33. The SMILES string of the molecule is CC[N+]([O-])(C(=O)N1CCC(C(=O)OC(C)(C)C)CC1)c1ccc(F)c(C(F)(F)F)c1. The van der Waals surface area contributed by atoms with Crippen LogP contribution in [0.3, 0.4) is 0 Å². The monoisotopic (exact) mass is 434 g/mol. The number of halogens is 4. The van der Waals surface area contributed by atoms with Crippen molar-refractivity contribution in [3.05, 3.63) is 34.8 Å². The lowest BCUT2D eigenvalue weighted by atomic mass is 9.97. The van der Waals surface area contributed by atoms with Crippen LogP contribution in [0.5, 0.6) is 0 Å². The van der Waals surface area contributed by atoms with Gasteiger partial charge in [0.05, 0.1) is 18.0 Å². The van der Waals surface area contributed by atoms with Crippen LogP contribution < -0.4 is 4.65 Å². The Kier molecular flexibility index (Phi) is 6.82. The highest BCUT2D eigenvalue weighted by Crippen LogP contribution is 2.36. The first-order chi connectivity index (χ1) is 13.7. The number of hydrogen-bond acceptors (Lipinski definition) is 4. The van der Waals surface area contributed by atoms with Crippen LogP contribution in [0.2, 0.25) is 0 Å². The smallest absolute Gasteiger partial charge is 0.424 e. The molecule has 1 saturated heterocycles. The normalized spacial score (nSPS) is 18.1. The standard InChI is InChI=1S/C20H26F4N2O4/c1-5-26(29,14-6-7-16(21)15(12-14)20(22,23)24)18(28)25-10-8-13(9-11-25)17(27)30-19(2,3)4/h6-7,12-13H,5,8-11H2,1-4H3. The summed E-state index contributed by atoms with van der Waals surface area (Å²) in [5.41, 5.74) is -2.74. The number of piperidine rings is 1. The fraction of sp³-hybridized carbons (Fsp3) is 0.600. The number of benzene rings is 1. The molecule has 30 heavy (non-hydrogen) atoms. The molecule has 1 unspecified atom stereocenters. The van der Waals surface area contributed by atoms with E-state index < -0.39 is 45.4 Å². The Balaban J connectivity index is 2.18. The van der Waals surface area contributed by atoms with E-state index in [9.17, 15) is 32.4 Å². The highest BCUT2D eigenvalue weighted by atomic mass is 19.4. The first-order valence-corrected chi connectivity index (χ1v) is 9.67. The molecule has 0 radical (unpaired) electrons. The largest absolute Gasteiger partial charge is 0.618 e. The summed E-state index contributed by atoms with van der Waals surface area (Å²) >= 11 is 0. The van der Waals surface area contributed by atoms with E-state index in [1.165, 1.54) is 11.8 Å². The van der Waals surface area contributed by atoms with E-state index in [1.807, 2.05) is 0 Å². The molecule has 2 rings (SSSR count). The summed E-state index contributed by atoms with van der Waals surface area (Å²) in [6, 6.07) is 0.879. The predicted molar refractivity (Wildman–Crippen MR) is 103 cm³/mol. The van der Waals surface area contributed by atoms with Gasteiger partial charge in [0.2, 0.25) is 0 Å². The molecule has 0 aromatic heterocycles. The van der Waals surface area contributed by atoms with Gasteiger partial charge in [-0.25, -0.2) is 13.8 Å². The molecule has 0 spiro atoms. The van der Waals surface area contributed by atoms with Crippen molar-refractivity contribution < 1.29 is 31.9 Å². The second-order valence-corrected chi connectivity index (χ2v) is 8.30. The summed E-state index contributed by atoms with van der Waals surface area (Å²) in [4.78, 5) is 26.3. The maximum Gasteiger partial charge on any atom is 0.424 e. The average molecular weight is 434 g/mol. The number of esters is 1. The summed E-state index contributed by atoms with van der Waals surface area (Å²) in [5, 5.41) is 13.2. The number of hydrogen-bond donors (Lipinski definition) is 0. The van der Waals surface area contributed by atoms with Crippen LogP contribution in [0, 0.1) is 16.9 Å². The minimum Gasteiger partial charge on any atom is -0.618 e. The summed E-state index contributed by atoms with van der Waals surface area (Å²) in [6.45, 7) is 6.42. The fourth-order valence-electron chi connectivity index (χ4n) is 3.30. The van der Waals surface area contributed by atoms with Crippen molar-refractivity contribution in [3.63, 3.8) is 0 Å². The Labute approximate surface area is 172 Å². The van der Waals surface area contributed by atoms with E-state index in [1.54, 1.807) is 20.8 Å². The molecule has 1 aliphatic heterocycles. The highest BCUT2D eigenvalue weighted by molar-refractivity contribution is 5.88. The molecule has 1 aliphatic rings. The second kappa shape index (κ2) is 8.50. The van der Waals surface area contributed by atoms with Crippen molar-refractivity contribution in [2.24, 2.45) is 5.92 Å². The third kappa shape index (κ3) is 5.28. The topological polar surface area (TPSA) is 69.7 Å². The molecule has 6 nitrogen and oxygen atoms in total. The van der Waals surface area contributed by atoms with Crippen LogP contribution in [-0.4, -0.2) is 42.1 Å². The first kappa shape index (κ1) is 24.1. The summed E-state index contributed by atoms with van der Waals surface area (Å²) in [6.07, 6.45) is -4.43. The molecule has 0 bridgehead atoms. The van der Waals surface area contributed by atoms with Gasteiger partial charge in [0, 0.05) is 25.2 Å². The van der Waals surface area contributed by atoms with Crippen LogP contribution >= 0.6 is 0 Å². The van der Waals surface area contributed by atoms with Gasteiger partial charge in [-0.15, -0.1) is 0 Å². The molecule has 1 atom stereocenters. The molecule has 1 aromatic rings. The van der Waals surface area contributed by atoms with Crippen molar-refractivity contribution in [1.29, 1.82) is 0 Å². The molecule has 2 amide bonds. The minimum atomic E-state index is -4.99. The lowest BCUT2D eigenvalue weighted by molar-refractivity contribution is -0.161. The van der Waals surface area contributed by atoms with Gasteiger partial charge in [0.15, 0.2) is 0 Å². The van der Waals surface area contributed by atoms with Crippen molar-refractivity contribution in [3.8, 4) is 0 Å². The Morgan fingerprint density at radius 3 is 2.23 bits per heavy atom. The number of alkyl halides is 3. The molecule has 1 heterocycles. The third-order valence-corrected chi connectivity index (χ3v) is 4.93. The number of likely N-dealkylation sites (tertiary alicyclic amines) is 1. The van der Waals surface area contributed by atoms with Crippen molar-refractivity contribution in [2.75, 3.05) is 19.6 Å².